The molecule has 3 unspecified atom stereocenters. The number of hydrogen-bond donors (Lipinski definition) is 7. The Morgan fingerprint density at radius 3 is 1.43 bits per heavy atom. The molecular weight excluding hydrogens is 1600 g/mol. The molecule has 634 valence electrons. The molecule has 3 saturated heterocycles. The first-order valence-electron chi connectivity index (χ1n) is 42.0. The van der Waals surface area contributed by atoms with E-state index in [9.17, 15) is 15.8 Å². The van der Waals surface area contributed by atoms with Crippen molar-refractivity contribution in [3.63, 3.8) is 0 Å². The number of H-pyrrole nitrogens is 5. The summed E-state index contributed by atoms with van der Waals surface area (Å²) in [6, 6.07) is 39.5. The molecule has 0 saturated carbocycles. The van der Waals surface area contributed by atoms with Crippen LogP contribution >= 0.6 is 0 Å². The van der Waals surface area contributed by atoms with Crippen LogP contribution in [0.25, 0.3) is 111 Å². The standard InChI is InChI=1S/C29H35N9OSi.C23H21N9.C22H31N7OSi.C8H8N2O.C7H6N2O/c1-40(2,3)15-14-39-20-37-13-9-24-27(32-19-33-29(24)37)23-16-34-38(18-23)25(6-10-30)22-8-12-36(17-22)26-5-4-21-7-11-31-28(21)35-26;24-7-3-19(16-6-10-31(12-16)20-2-1-15-4-8-25-22(15)30-20)32-13-17(11-29-32)21-18-5-9-26-23(18)28-14-27-21;1-31(2,3)11-10-30-16-28-9-6-19-21(25-15-26-22(19)28)18-13-27-29(14-18)20(4-7-23)17-5-8-24-12-17;1-11-10-6-2-3-7-4-5-9-8(7)10;10-9-5-1-2-6-3-4-8-7(6)9/h4-5,7,9,11,13,16,18-19,22,25H,6,8,12,14-15,17,20H2,1-3H3,(H,31,35);1-2,4-5,8-9,11,13-14,16,19H,3,6,10,12H2,(H,25,30)(H,26,27,28);6,9,13-15,17,20,24H,4-5,8,10-12,16H2,1-3H3;2-6H,1H3;1-5,10H/p+2/t22-,25?;16-,19?;17-,20?;;/m000../s1. The van der Waals surface area contributed by atoms with Crippen molar-refractivity contribution in [1.29, 1.82) is 15.8 Å². The zero-order valence-corrected chi connectivity index (χ0v) is 72.7. The lowest BCUT2D eigenvalue weighted by atomic mass is 9.96. The van der Waals surface area contributed by atoms with Gasteiger partial charge in [0, 0.05) is 167 Å². The maximum atomic E-state index is 9.68. The van der Waals surface area contributed by atoms with Crippen LogP contribution in [0.15, 0.2) is 203 Å². The van der Waals surface area contributed by atoms with Crippen LogP contribution in [0.1, 0.15) is 56.7 Å². The number of nitrogens with one attached hydrogen (secondary N) is 6. The van der Waals surface area contributed by atoms with Crippen LogP contribution in [-0.2, 0) is 22.9 Å². The van der Waals surface area contributed by atoms with Crippen molar-refractivity contribution in [2.75, 3.05) is 69.4 Å². The molecule has 6 atom stereocenters. The highest BCUT2D eigenvalue weighted by atomic mass is 28.3. The van der Waals surface area contributed by atoms with Crippen LogP contribution in [0.5, 0.6) is 0 Å². The minimum atomic E-state index is -1.13. The van der Waals surface area contributed by atoms with E-state index < -0.39 is 16.1 Å². The normalized spacial score (nSPS) is 16.0. The molecule has 124 heavy (non-hydrogen) atoms. The molecule has 0 bridgehead atoms. The third kappa shape index (κ3) is 19.4. The van der Waals surface area contributed by atoms with E-state index in [0.717, 1.165) is 211 Å². The first-order valence-corrected chi connectivity index (χ1v) is 49.4. The molecule has 35 heteroatoms. The Kier molecular flexibility index (Phi) is 25.8. The monoisotopic (exact) mass is 1700 g/mol. The summed E-state index contributed by atoms with van der Waals surface area (Å²) < 4.78 is 24.5. The van der Waals surface area contributed by atoms with Crippen molar-refractivity contribution in [3.05, 3.63) is 203 Å². The molecule has 0 aromatic carbocycles. The number of pyridine rings is 4. The van der Waals surface area contributed by atoms with Gasteiger partial charge >= 0.3 is 11.3 Å². The second-order valence-corrected chi connectivity index (χ2v) is 45.2. The van der Waals surface area contributed by atoms with Crippen LogP contribution < -0.4 is 29.4 Å². The van der Waals surface area contributed by atoms with Gasteiger partial charge in [0.15, 0.2) is 0 Å². The summed E-state index contributed by atoms with van der Waals surface area (Å²) in [5.41, 5.74) is 11.3. The Labute approximate surface area is 718 Å². The largest absolute Gasteiger partial charge is 0.361 e. The number of ether oxygens (including phenoxy) is 2. The first-order chi connectivity index (χ1) is 60.4. The second kappa shape index (κ2) is 38.1. The number of aromatic nitrogens is 23. The predicted octanol–water partition coefficient (Wildman–Crippen LogP) is 14.0. The van der Waals surface area contributed by atoms with Gasteiger partial charge in [-0.25, -0.2) is 49.8 Å². The maximum Gasteiger partial charge on any atom is 0.325 e. The third-order valence-electron chi connectivity index (χ3n) is 23.2. The third-order valence-corrected chi connectivity index (χ3v) is 26.7. The molecule has 3 aliphatic rings. The van der Waals surface area contributed by atoms with Gasteiger partial charge in [-0.1, -0.05) is 44.0 Å². The summed E-state index contributed by atoms with van der Waals surface area (Å²) >= 11 is 0. The molecule has 33 nitrogen and oxygen atoms in total. The highest BCUT2D eigenvalue weighted by Crippen LogP contribution is 2.38. The van der Waals surface area contributed by atoms with Crippen molar-refractivity contribution >= 4 is 105 Å². The first kappa shape index (κ1) is 83.9. The molecule has 17 aromatic heterocycles. The minimum Gasteiger partial charge on any atom is -0.361 e. The Hall–Kier alpha value is -13.8. The van der Waals surface area contributed by atoms with Gasteiger partial charge in [0.25, 0.3) is 0 Å². The van der Waals surface area contributed by atoms with E-state index in [2.05, 4.69) is 162 Å². The smallest absolute Gasteiger partial charge is 0.325 e. The Bertz CT molecular complexity index is 6560. The number of rotatable bonds is 25. The van der Waals surface area contributed by atoms with E-state index in [1.54, 1.807) is 49.3 Å². The van der Waals surface area contributed by atoms with Crippen LogP contribution in [0.2, 0.25) is 51.4 Å². The Morgan fingerprint density at radius 1 is 0.492 bits per heavy atom. The highest BCUT2D eigenvalue weighted by molar-refractivity contribution is 6.76. The molecule has 0 radical (unpaired) electrons. The van der Waals surface area contributed by atoms with Gasteiger partial charge in [0.1, 0.15) is 91.8 Å². The fraction of sp³-hybridized carbons (Fsp3) is 0.348. The fourth-order valence-corrected chi connectivity index (χ4v) is 18.0. The molecule has 20 heterocycles. The van der Waals surface area contributed by atoms with Gasteiger partial charge in [-0.3, -0.25) is 14.0 Å². The van der Waals surface area contributed by atoms with Gasteiger partial charge in [-0.15, -0.1) is 0 Å². The van der Waals surface area contributed by atoms with E-state index in [-0.39, 0.29) is 24.0 Å². The van der Waals surface area contributed by atoms with Crippen molar-refractivity contribution in [1.82, 2.24) is 109 Å². The number of aromatic amines is 5. The van der Waals surface area contributed by atoms with Crippen LogP contribution in [0.4, 0.5) is 11.6 Å². The number of nitriles is 3. The van der Waals surface area contributed by atoms with Crippen LogP contribution in [-0.4, -0.2) is 184 Å². The number of fused-ring (bicyclic) bond motifs is 7. The van der Waals surface area contributed by atoms with Crippen molar-refractivity contribution in [2.45, 2.75) is 121 Å². The summed E-state index contributed by atoms with van der Waals surface area (Å²) in [5, 5.41) is 62.3. The summed E-state index contributed by atoms with van der Waals surface area (Å²) in [7, 11) is -0.597. The van der Waals surface area contributed by atoms with Gasteiger partial charge in [0.2, 0.25) is 0 Å². The lowest BCUT2D eigenvalue weighted by Crippen LogP contribution is -2.40. The Balaban J connectivity index is 0.000000123. The van der Waals surface area contributed by atoms with Crippen molar-refractivity contribution in [3.8, 4) is 52.0 Å². The fourth-order valence-electron chi connectivity index (χ4n) is 16.5. The van der Waals surface area contributed by atoms with E-state index in [0.29, 0.717) is 44.6 Å². The van der Waals surface area contributed by atoms with E-state index in [4.69, 9.17) is 34.6 Å². The number of hydrogen-bond acceptors (Lipinski definition) is 21. The lowest BCUT2D eigenvalue weighted by Gasteiger charge is -2.23. The second-order valence-electron chi connectivity index (χ2n) is 33.9. The summed E-state index contributed by atoms with van der Waals surface area (Å²) in [6.07, 6.45) is 37.4. The zero-order valence-electron chi connectivity index (χ0n) is 70.7. The summed E-state index contributed by atoms with van der Waals surface area (Å²) in [5.74, 6) is 2.95. The molecular formula is C89H103N29O4Si2+2. The maximum absolute atomic E-state index is 9.68. The molecule has 7 N–H and O–H groups in total. The SMILES string of the molecule is CO[n+]1cccc2cc[nH]c21.C[Si](C)(C)CCOCn1ccc2c(-c3cnn(C(CC#N)[C@H]4CCN(c5ccc6cc[nH]c6n5)C4)c3)ncnc21.C[Si](C)(C)CCOCn1ccc2c(-c3cnn(C(CC#N)[C@H]4CCNC4)c3)ncnc21.N#CCC([C@H]1CCN(c2ccc3cc[nH]c3n2)C1)n1cc(-c2ncnc3[nH]ccc23)cn1.O[n+]1cccc2cc[nH]c21. The van der Waals surface area contributed by atoms with E-state index >= 15 is 0 Å². The molecule has 20 rings (SSSR count). The van der Waals surface area contributed by atoms with E-state index in [1.165, 1.54) is 0 Å². The Morgan fingerprint density at radius 2 is 0.944 bits per heavy atom. The number of anilines is 2. The molecule has 17 aromatic rings. The average Bonchev–Trinajstić information content (AvgIpc) is 1.64. The van der Waals surface area contributed by atoms with Gasteiger partial charge < -0.3 is 58.7 Å². The molecule has 3 aliphatic heterocycles. The quantitative estimate of drug-likeness (QED) is 0.0121. The molecule has 0 spiro atoms. The predicted molar refractivity (Wildman–Crippen MR) is 479 cm³/mol. The average molecular weight is 1700 g/mol. The molecule has 3 fully saturated rings. The van der Waals surface area contributed by atoms with Gasteiger partial charge in [0.05, 0.1) is 114 Å². The van der Waals surface area contributed by atoms with E-state index in [1.807, 2.05) is 164 Å². The highest BCUT2D eigenvalue weighted by Gasteiger charge is 2.35. The summed E-state index contributed by atoms with van der Waals surface area (Å²) in [4.78, 5) is 61.6. The topological polar surface area (TPSA) is 391 Å². The van der Waals surface area contributed by atoms with Crippen LogP contribution in [0.3, 0.4) is 0 Å². The van der Waals surface area contributed by atoms with Crippen molar-refractivity contribution < 1.29 is 29.0 Å². The molecule has 0 amide bonds. The van der Waals surface area contributed by atoms with Gasteiger partial charge in [-0.05, 0) is 140 Å². The minimum absolute atomic E-state index is 0.00322. The number of nitrogens with zero attached hydrogens (tertiary/aromatic N) is 23. The van der Waals surface area contributed by atoms with Gasteiger partial charge in [-0.2, -0.15) is 31.1 Å². The molecule has 0 aliphatic carbocycles. The van der Waals surface area contributed by atoms with Crippen molar-refractivity contribution in [2.24, 2.45) is 17.8 Å². The lowest BCUT2D eigenvalue weighted by molar-refractivity contribution is -0.885. The van der Waals surface area contributed by atoms with Crippen LogP contribution in [0, 0.1) is 51.7 Å². The zero-order chi connectivity index (χ0) is 85.7. The summed E-state index contributed by atoms with van der Waals surface area (Å²) in [6.45, 7) is 22.0.